The Morgan fingerprint density at radius 3 is 2.23 bits per heavy atom. The van der Waals surface area contributed by atoms with Crippen LogP contribution in [0.5, 0.6) is 0 Å². The van der Waals surface area contributed by atoms with Crippen molar-refractivity contribution in [3.8, 4) is 0 Å². The van der Waals surface area contributed by atoms with Crippen LogP contribution in [0.25, 0.3) is 0 Å². The maximum absolute atomic E-state index is 12.8. The van der Waals surface area contributed by atoms with Crippen molar-refractivity contribution in [1.29, 1.82) is 0 Å². The molecule has 1 aromatic rings. The Labute approximate surface area is 84.3 Å². The summed E-state index contributed by atoms with van der Waals surface area (Å²) in [5.74, 6) is -0.918. The molecule has 0 radical (unpaired) electrons. The molecule has 0 aliphatic rings. The summed E-state index contributed by atoms with van der Waals surface area (Å²) >= 11 is 10.8. The fourth-order valence-electron chi connectivity index (χ4n) is 0.697. The van der Waals surface area contributed by atoms with Gasteiger partial charge in [-0.15, -0.1) is 0 Å². The van der Waals surface area contributed by atoms with E-state index < -0.39 is 20.7 Å². The zero-order valence-corrected chi connectivity index (χ0v) is 8.42. The van der Waals surface area contributed by atoms with Crippen molar-refractivity contribution in [2.24, 2.45) is 5.14 Å². The predicted molar refractivity (Wildman–Crippen MR) is 47.8 cm³/mol. The van der Waals surface area contributed by atoms with E-state index in [0.717, 1.165) is 6.07 Å². The normalized spacial score (nSPS) is 11.7. The third-order valence-electron chi connectivity index (χ3n) is 1.29. The van der Waals surface area contributed by atoms with Crippen LogP contribution in [-0.4, -0.2) is 8.42 Å². The number of hydrogen-bond donors (Lipinski definition) is 1. The molecule has 0 spiro atoms. The third kappa shape index (κ3) is 2.31. The highest BCUT2D eigenvalue weighted by Gasteiger charge is 2.14. The lowest BCUT2D eigenvalue weighted by molar-refractivity contribution is 0.592. The summed E-state index contributed by atoms with van der Waals surface area (Å²) in [5.41, 5.74) is 0. The molecule has 1 rings (SSSR count). The second-order valence-corrected chi connectivity index (χ2v) is 4.59. The van der Waals surface area contributed by atoms with Gasteiger partial charge in [-0.05, 0) is 12.1 Å². The first kappa shape index (κ1) is 10.7. The van der Waals surface area contributed by atoms with Crippen LogP contribution in [0.3, 0.4) is 0 Å². The Morgan fingerprint density at radius 2 is 1.85 bits per heavy atom. The number of halogens is 3. The number of hydrogen-bond acceptors (Lipinski definition) is 2. The lowest BCUT2D eigenvalue weighted by Crippen LogP contribution is -2.12. The lowest BCUT2D eigenvalue weighted by atomic mass is 10.3. The zero-order chi connectivity index (χ0) is 10.2. The van der Waals surface area contributed by atoms with E-state index >= 15 is 0 Å². The number of primary sulfonamides is 1. The van der Waals surface area contributed by atoms with Gasteiger partial charge in [-0.1, -0.05) is 23.2 Å². The summed E-state index contributed by atoms with van der Waals surface area (Å²) in [6.07, 6.45) is 0. The van der Waals surface area contributed by atoms with Crippen molar-refractivity contribution in [2.75, 3.05) is 0 Å². The summed E-state index contributed by atoms with van der Waals surface area (Å²) < 4.78 is 34.3. The Hall–Kier alpha value is -0.360. The Kier molecular flexibility index (Phi) is 2.82. The number of rotatable bonds is 1. The topological polar surface area (TPSA) is 60.2 Å². The first-order valence-corrected chi connectivity index (χ1v) is 5.30. The van der Waals surface area contributed by atoms with Gasteiger partial charge in [-0.3, -0.25) is 0 Å². The fraction of sp³-hybridized carbons (Fsp3) is 0. The second-order valence-electron chi connectivity index (χ2n) is 2.25. The standard InChI is InChI=1S/C6H4Cl2FNO2S/c7-4-1-3(13(10,11)12)2-5(9)6(4)8/h1-2H,(H2,10,11,12). The molecular formula is C6H4Cl2FNO2S. The van der Waals surface area contributed by atoms with Gasteiger partial charge in [0.15, 0.2) is 0 Å². The van der Waals surface area contributed by atoms with Gasteiger partial charge >= 0.3 is 0 Å². The van der Waals surface area contributed by atoms with Gasteiger partial charge in [-0.2, -0.15) is 0 Å². The molecule has 1 aromatic carbocycles. The van der Waals surface area contributed by atoms with Crippen LogP contribution in [0.15, 0.2) is 17.0 Å². The fourth-order valence-corrected chi connectivity index (χ4v) is 1.63. The van der Waals surface area contributed by atoms with Crippen molar-refractivity contribution < 1.29 is 12.8 Å². The maximum atomic E-state index is 12.8. The molecule has 0 saturated heterocycles. The molecule has 13 heavy (non-hydrogen) atoms. The largest absolute Gasteiger partial charge is 0.238 e. The quantitative estimate of drug-likeness (QED) is 0.765. The van der Waals surface area contributed by atoms with E-state index in [2.05, 4.69) is 0 Å². The minimum absolute atomic E-state index is 0.189. The number of sulfonamides is 1. The van der Waals surface area contributed by atoms with Crippen molar-refractivity contribution in [2.45, 2.75) is 4.90 Å². The highest BCUT2D eigenvalue weighted by atomic mass is 35.5. The Balaban J connectivity index is 3.47. The second kappa shape index (κ2) is 3.42. The molecule has 3 nitrogen and oxygen atoms in total. The van der Waals surface area contributed by atoms with E-state index in [9.17, 15) is 12.8 Å². The molecule has 72 valence electrons. The molecule has 0 fully saturated rings. The summed E-state index contributed by atoms with van der Waals surface area (Å²) in [5, 5.41) is 4.23. The van der Waals surface area contributed by atoms with Crippen molar-refractivity contribution in [3.63, 3.8) is 0 Å². The van der Waals surface area contributed by atoms with Gasteiger partial charge in [0.25, 0.3) is 0 Å². The molecule has 0 heterocycles. The van der Waals surface area contributed by atoms with E-state index in [1.807, 2.05) is 0 Å². The summed E-state index contributed by atoms with van der Waals surface area (Å²) in [7, 11) is -3.95. The Bertz CT molecular complexity index is 423. The maximum Gasteiger partial charge on any atom is 0.238 e. The van der Waals surface area contributed by atoms with Crippen molar-refractivity contribution in [1.82, 2.24) is 0 Å². The molecule has 0 bridgehead atoms. The smallest absolute Gasteiger partial charge is 0.225 e. The van der Waals surface area contributed by atoms with Crippen molar-refractivity contribution >= 4 is 33.2 Å². The molecule has 0 aliphatic carbocycles. The molecule has 0 aromatic heterocycles. The summed E-state index contributed by atoms with van der Waals surface area (Å²) in [6.45, 7) is 0. The number of benzene rings is 1. The van der Waals surface area contributed by atoms with E-state index in [1.54, 1.807) is 0 Å². The van der Waals surface area contributed by atoms with Crippen LogP contribution in [0.4, 0.5) is 4.39 Å². The molecular weight excluding hydrogens is 240 g/mol. The average molecular weight is 244 g/mol. The van der Waals surface area contributed by atoms with E-state index in [4.69, 9.17) is 28.3 Å². The molecule has 0 unspecified atom stereocenters. The van der Waals surface area contributed by atoms with Gasteiger partial charge in [0.1, 0.15) is 5.82 Å². The van der Waals surface area contributed by atoms with Crippen LogP contribution >= 0.6 is 23.2 Å². The first-order chi connectivity index (χ1) is 5.82. The van der Waals surface area contributed by atoms with Gasteiger partial charge in [-0.25, -0.2) is 17.9 Å². The number of nitrogens with two attached hydrogens (primary N) is 1. The van der Waals surface area contributed by atoms with Crippen LogP contribution in [0.2, 0.25) is 10.0 Å². The van der Waals surface area contributed by atoms with Gasteiger partial charge in [0.2, 0.25) is 10.0 Å². The lowest BCUT2D eigenvalue weighted by Gasteiger charge is -2.01. The van der Waals surface area contributed by atoms with Crippen molar-refractivity contribution in [3.05, 3.63) is 28.0 Å². The first-order valence-electron chi connectivity index (χ1n) is 2.99. The molecule has 2 N–H and O–H groups in total. The van der Waals surface area contributed by atoms with Gasteiger partial charge in [0.05, 0.1) is 14.9 Å². The molecule has 0 atom stereocenters. The minimum Gasteiger partial charge on any atom is -0.225 e. The summed E-state index contributed by atoms with van der Waals surface area (Å²) in [4.78, 5) is -0.403. The molecule has 0 aliphatic heterocycles. The monoisotopic (exact) mass is 243 g/mol. The highest BCUT2D eigenvalue weighted by molar-refractivity contribution is 7.89. The van der Waals surface area contributed by atoms with Crippen LogP contribution in [0.1, 0.15) is 0 Å². The molecule has 7 heteroatoms. The Morgan fingerprint density at radius 1 is 1.31 bits per heavy atom. The van der Waals surface area contributed by atoms with E-state index in [1.165, 1.54) is 0 Å². The third-order valence-corrected chi connectivity index (χ3v) is 2.96. The van der Waals surface area contributed by atoms with Gasteiger partial charge < -0.3 is 0 Å². The molecule has 0 saturated carbocycles. The predicted octanol–water partition coefficient (Wildman–Crippen LogP) is 1.78. The van der Waals surface area contributed by atoms with E-state index in [0.29, 0.717) is 6.07 Å². The van der Waals surface area contributed by atoms with E-state index in [-0.39, 0.29) is 10.0 Å². The van der Waals surface area contributed by atoms with Crippen LogP contribution in [-0.2, 0) is 10.0 Å². The van der Waals surface area contributed by atoms with Crippen LogP contribution in [0, 0.1) is 5.82 Å². The zero-order valence-electron chi connectivity index (χ0n) is 6.09. The van der Waals surface area contributed by atoms with Gasteiger partial charge in [0, 0.05) is 0 Å². The summed E-state index contributed by atoms with van der Waals surface area (Å²) in [6, 6.07) is 1.70. The molecule has 0 amide bonds. The minimum atomic E-state index is -3.95. The highest BCUT2D eigenvalue weighted by Crippen LogP contribution is 2.27. The average Bonchev–Trinajstić information content (AvgIpc) is 1.97. The SMILES string of the molecule is NS(=O)(=O)c1cc(F)c(Cl)c(Cl)c1. The van der Waals surface area contributed by atoms with Crippen LogP contribution < -0.4 is 5.14 Å².